The molecule has 2 aromatic rings. The molecule has 2 rings (SSSR count). The van der Waals surface area contributed by atoms with Gasteiger partial charge in [0.25, 0.3) is 0 Å². The molecule has 2 nitrogen and oxygen atoms in total. The first-order valence-corrected chi connectivity index (χ1v) is 15.1. The number of aryl methyl sites for hydroxylation is 1. The Morgan fingerprint density at radius 1 is 0.758 bits per heavy atom. The molecule has 0 aliphatic heterocycles. The molecule has 4 heteroatoms. The van der Waals surface area contributed by atoms with E-state index in [1.807, 2.05) is 0 Å². The fraction of sp³-hybridized carbons (Fsp3) is 0.655. The minimum atomic E-state index is -1.59. The predicted molar refractivity (Wildman–Crippen MR) is 151 cm³/mol. The second kappa shape index (κ2) is 9.60. The lowest BCUT2D eigenvalue weighted by Gasteiger charge is -2.33. The minimum absolute atomic E-state index is 0.0291. The molecule has 0 spiro atoms. The Labute approximate surface area is 206 Å². The summed E-state index contributed by atoms with van der Waals surface area (Å²) in [4.78, 5) is 0. The Morgan fingerprint density at radius 2 is 1.18 bits per heavy atom. The normalized spacial score (nSPS) is 14.6. The summed E-state index contributed by atoms with van der Waals surface area (Å²) in [6, 6.07) is 5.40. The number of hydrogen-bond acceptors (Lipinski definition) is 1. The van der Waals surface area contributed by atoms with Gasteiger partial charge in [0.15, 0.2) is 0 Å². The first-order chi connectivity index (χ1) is 14.8. The highest BCUT2D eigenvalue weighted by molar-refractivity contribution is 7.59. The van der Waals surface area contributed by atoms with Crippen LogP contribution in [0, 0.1) is 6.92 Å². The van der Waals surface area contributed by atoms with E-state index in [4.69, 9.17) is 0 Å². The molecule has 0 aliphatic rings. The molecule has 0 radical (unpaired) electrons. The second-order valence-electron chi connectivity index (χ2n) is 13.2. The zero-order valence-corrected chi connectivity index (χ0v) is 25.5. The van der Waals surface area contributed by atoms with Crippen LogP contribution in [0.15, 0.2) is 23.7 Å². The lowest BCUT2D eigenvalue weighted by Crippen LogP contribution is -2.32. The van der Waals surface area contributed by atoms with Gasteiger partial charge in [-0.05, 0) is 77.9 Å². The zero-order chi connectivity index (χ0) is 25.7. The monoisotopic (exact) mass is 488 g/mol. The van der Waals surface area contributed by atoms with Crippen molar-refractivity contribution in [3.8, 4) is 5.30 Å². The molecule has 2 atom stereocenters. The van der Waals surface area contributed by atoms with Crippen molar-refractivity contribution < 1.29 is 4.57 Å². The largest absolute Gasteiger partial charge is 0.475 e. The van der Waals surface area contributed by atoms with Gasteiger partial charge in [-0.25, -0.2) is 0 Å². The van der Waals surface area contributed by atoms with E-state index in [0.29, 0.717) is 0 Å². The van der Waals surface area contributed by atoms with E-state index in [2.05, 4.69) is 125 Å². The molecule has 0 saturated heterocycles. The number of nitrogens with zero attached hydrogens (tertiary/aromatic N) is 1. The Balaban J connectivity index is 2.88. The number of rotatable bonds is 5. The highest BCUT2D eigenvalue weighted by Crippen LogP contribution is 2.53. The van der Waals surface area contributed by atoms with Crippen molar-refractivity contribution in [3.05, 3.63) is 46.0 Å². The van der Waals surface area contributed by atoms with Crippen molar-refractivity contribution in [2.45, 2.75) is 125 Å². The summed E-state index contributed by atoms with van der Waals surface area (Å²) in [7, 11) is -2.26. The van der Waals surface area contributed by atoms with E-state index < -0.39 is 15.5 Å². The van der Waals surface area contributed by atoms with Crippen LogP contribution in [-0.4, -0.2) is 16.8 Å². The van der Waals surface area contributed by atoms with Crippen LogP contribution in [-0.2, 0) is 20.8 Å². The lowest BCUT2D eigenvalue weighted by molar-refractivity contribution is 0.313. The molecule has 0 N–H and O–H groups in total. The first-order valence-electron chi connectivity index (χ1n) is 12.4. The summed E-state index contributed by atoms with van der Waals surface area (Å²) in [6.45, 7) is 31.6. The maximum atomic E-state index is 13.7. The Morgan fingerprint density at radius 3 is 1.52 bits per heavy atom. The molecule has 184 valence electrons. The SMILES string of the molecule is Cc1cp(-c2c(C(C)(C)C)cc(C(C)(C)C)cc2C(C)(C)C)cc1[P+](=O)N(C(C)C)C(C)C. The third kappa shape index (κ3) is 6.20. The molecule has 0 bridgehead atoms. The van der Waals surface area contributed by atoms with Gasteiger partial charge in [-0.15, -0.1) is 0 Å². The highest BCUT2D eigenvalue weighted by atomic mass is 31.1. The number of benzene rings is 1. The van der Waals surface area contributed by atoms with E-state index in [1.165, 1.54) is 27.6 Å². The van der Waals surface area contributed by atoms with Crippen LogP contribution in [0.4, 0.5) is 0 Å². The molecule has 33 heavy (non-hydrogen) atoms. The average molecular weight is 489 g/mol. The van der Waals surface area contributed by atoms with Crippen molar-refractivity contribution in [1.29, 1.82) is 0 Å². The molecule has 0 amide bonds. The van der Waals surface area contributed by atoms with Gasteiger partial charge in [-0.2, -0.15) is 0 Å². The molecule has 1 aromatic heterocycles. The summed E-state index contributed by atoms with van der Waals surface area (Å²) in [6.07, 6.45) is 0. The van der Waals surface area contributed by atoms with Gasteiger partial charge in [-0.1, -0.05) is 86.7 Å². The van der Waals surface area contributed by atoms with Gasteiger partial charge in [0.05, 0.1) is 0 Å². The fourth-order valence-corrected chi connectivity index (χ4v) is 9.54. The third-order valence-corrected chi connectivity index (χ3v) is 11.0. The topological polar surface area (TPSA) is 20.3 Å². The Bertz CT molecular complexity index is 965. The highest BCUT2D eigenvalue weighted by Gasteiger charge is 2.38. The van der Waals surface area contributed by atoms with E-state index in [-0.39, 0.29) is 28.3 Å². The van der Waals surface area contributed by atoms with Crippen molar-refractivity contribution >= 4 is 20.8 Å². The van der Waals surface area contributed by atoms with Crippen molar-refractivity contribution in [2.75, 3.05) is 0 Å². The Kier molecular flexibility index (Phi) is 8.24. The summed E-state index contributed by atoms with van der Waals surface area (Å²) in [5.74, 6) is 4.77. The van der Waals surface area contributed by atoms with Gasteiger partial charge in [0.2, 0.25) is 5.30 Å². The van der Waals surface area contributed by atoms with Gasteiger partial charge < -0.3 is 0 Å². The molecule has 0 aliphatic carbocycles. The minimum Gasteiger partial charge on any atom is -0.0877 e. The molecule has 0 fully saturated rings. The summed E-state index contributed by atoms with van der Waals surface area (Å²) < 4.78 is 15.9. The Hall–Kier alpha value is -0.940. The fourth-order valence-electron chi connectivity index (χ4n) is 4.50. The van der Waals surface area contributed by atoms with E-state index in [0.717, 1.165) is 5.30 Å². The maximum Gasteiger partial charge on any atom is 0.475 e. The molecular weight excluding hydrogens is 440 g/mol. The quantitative estimate of drug-likeness (QED) is 0.391. The average Bonchev–Trinajstić information content (AvgIpc) is 2.99. The molecule has 1 heterocycles. The standard InChI is InChI=1S/C29H48NOP2/c1-19(2)30(20(3)4)33(31)25-18-32(17-21(25)5)26-23(28(9,10)11)15-22(27(6,7)8)16-24(26)29(12,13)14/h15-20H,1-14H3/q+1. The molecule has 0 saturated carbocycles. The van der Waals surface area contributed by atoms with Crippen LogP contribution in [0.25, 0.3) is 5.30 Å². The second-order valence-corrected chi connectivity index (χ2v) is 16.5. The molecular formula is C29H48NOP2+. The summed E-state index contributed by atoms with van der Waals surface area (Å²) in [5, 5.41) is 2.51. The van der Waals surface area contributed by atoms with E-state index in [1.54, 1.807) is 0 Å². The first kappa shape index (κ1) is 28.3. The molecule has 2 unspecified atom stereocenters. The summed E-state index contributed by atoms with van der Waals surface area (Å²) >= 11 is 0. The smallest absolute Gasteiger partial charge is 0.0877 e. The van der Waals surface area contributed by atoms with Gasteiger partial charge in [0.1, 0.15) is 0 Å². The molecule has 1 aromatic carbocycles. The van der Waals surface area contributed by atoms with Crippen molar-refractivity contribution in [1.82, 2.24) is 4.67 Å². The number of hydrogen-bond donors (Lipinski definition) is 0. The predicted octanol–water partition coefficient (Wildman–Crippen LogP) is 9.35. The van der Waals surface area contributed by atoms with Crippen LogP contribution in [0.2, 0.25) is 0 Å². The van der Waals surface area contributed by atoms with Gasteiger partial charge in [0, 0.05) is 28.7 Å². The van der Waals surface area contributed by atoms with E-state index >= 15 is 0 Å². The van der Waals surface area contributed by atoms with E-state index in [9.17, 15) is 4.57 Å². The van der Waals surface area contributed by atoms with Gasteiger partial charge in [-0.3, -0.25) is 0 Å². The summed E-state index contributed by atoms with van der Waals surface area (Å²) in [5.41, 5.74) is 5.61. The van der Waals surface area contributed by atoms with Crippen LogP contribution in [0.5, 0.6) is 0 Å². The van der Waals surface area contributed by atoms with Crippen LogP contribution >= 0.6 is 15.5 Å². The van der Waals surface area contributed by atoms with Gasteiger partial charge >= 0.3 is 7.95 Å². The lowest BCUT2D eigenvalue weighted by atomic mass is 9.75. The third-order valence-electron chi connectivity index (χ3n) is 6.32. The zero-order valence-electron chi connectivity index (χ0n) is 23.7. The van der Waals surface area contributed by atoms with Crippen LogP contribution in [0.3, 0.4) is 0 Å². The van der Waals surface area contributed by atoms with Crippen LogP contribution < -0.4 is 5.30 Å². The van der Waals surface area contributed by atoms with Crippen molar-refractivity contribution in [3.63, 3.8) is 0 Å². The van der Waals surface area contributed by atoms with Crippen molar-refractivity contribution in [2.24, 2.45) is 0 Å². The van der Waals surface area contributed by atoms with Crippen LogP contribution in [0.1, 0.15) is 112 Å². The maximum absolute atomic E-state index is 13.7.